The second kappa shape index (κ2) is 11.3. The Balaban J connectivity index is 0.00000337. The van der Waals surface area contributed by atoms with Crippen LogP contribution in [-0.2, 0) is 4.79 Å². The molecule has 4 heterocycles. The summed E-state index contributed by atoms with van der Waals surface area (Å²) in [5.74, 6) is -0.931. The molecule has 3 aliphatic rings. The van der Waals surface area contributed by atoms with E-state index in [2.05, 4.69) is 16.5 Å². The van der Waals surface area contributed by atoms with E-state index in [1.807, 2.05) is 18.7 Å². The van der Waals surface area contributed by atoms with Crippen molar-refractivity contribution in [1.82, 2.24) is 19.4 Å². The summed E-state index contributed by atoms with van der Waals surface area (Å²) in [7, 11) is 0. The molecule has 8 nitrogen and oxygen atoms in total. The molecule has 2 fully saturated rings. The van der Waals surface area contributed by atoms with Crippen molar-refractivity contribution < 1.29 is 18.3 Å². The molecule has 0 saturated carbocycles. The quantitative estimate of drug-likeness (QED) is 0.404. The van der Waals surface area contributed by atoms with Crippen molar-refractivity contribution in [3.05, 3.63) is 64.1 Å². The van der Waals surface area contributed by atoms with Crippen molar-refractivity contribution in [3.8, 4) is 16.9 Å². The van der Waals surface area contributed by atoms with Crippen LogP contribution in [0.25, 0.3) is 22.0 Å². The molecular formula is C29H32ClF2N5O3S. The van der Waals surface area contributed by atoms with Gasteiger partial charge in [0.15, 0.2) is 5.75 Å². The third kappa shape index (κ3) is 4.97. The SMILES string of the molecule is C=CC(=O)N1C[C@H](C)N(c2nc(=O)n3c4c(c(-c5ccc(F)cc5F)c(Cl)cc24)OC[C@@H]3CN2CCC2)C[C@H]1C.S. The van der Waals surface area contributed by atoms with Crippen LogP contribution < -0.4 is 15.3 Å². The van der Waals surface area contributed by atoms with Crippen LogP contribution in [0.15, 0.2) is 41.7 Å². The predicted octanol–water partition coefficient (Wildman–Crippen LogP) is 4.36. The zero-order valence-corrected chi connectivity index (χ0v) is 24.6. The molecule has 2 aromatic carbocycles. The lowest BCUT2D eigenvalue weighted by Crippen LogP contribution is -2.58. The lowest BCUT2D eigenvalue weighted by atomic mass is 9.99. The van der Waals surface area contributed by atoms with E-state index in [0.717, 1.165) is 25.6 Å². The van der Waals surface area contributed by atoms with Crippen molar-refractivity contribution in [2.75, 3.05) is 44.2 Å². The van der Waals surface area contributed by atoms with E-state index in [9.17, 15) is 14.0 Å². The lowest BCUT2D eigenvalue weighted by Gasteiger charge is -2.45. The normalized spacial score (nSPS) is 22.1. The number of piperazine rings is 1. The first kappa shape index (κ1) is 29.3. The lowest BCUT2D eigenvalue weighted by molar-refractivity contribution is -0.128. The van der Waals surface area contributed by atoms with Crippen LogP contribution in [0.5, 0.6) is 5.75 Å². The first-order chi connectivity index (χ1) is 19.2. The smallest absolute Gasteiger partial charge is 0.350 e. The molecule has 0 aliphatic carbocycles. The number of likely N-dealkylation sites (tertiary alicyclic amines) is 1. The maximum absolute atomic E-state index is 15.0. The number of carbonyl (C=O) groups is 1. The highest BCUT2D eigenvalue weighted by atomic mass is 35.5. The number of benzene rings is 2. The molecule has 41 heavy (non-hydrogen) atoms. The van der Waals surface area contributed by atoms with Crippen LogP contribution in [0.2, 0.25) is 5.02 Å². The van der Waals surface area contributed by atoms with E-state index < -0.39 is 17.3 Å². The predicted molar refractivity (Wildman–Crippen MR) is 161 cm³/mol. The highest BCUT2D eigenvalue weighted by molar-refractivity contribution is 7.59. The second-order valence-corrected chi connectivity index (χ2v) is 11.2. The van der Waals surface area contributed by atoms with E-state index >= 15 is 4.39 Å². The first-order valence-electron chi connectivity index (χ1n) is 13.5. The molecule has 3 aromatic rings. The fourth-order valence-corrected chi connectivity index (χ4v) is 6.36. The molecular weight excluding hydrogens is 572 g/mol. The summed E-state index contributed by atoms with van der Waals surface area (Å²) < 4.78 is 36.7. The molecule has 0 radical (unpaired) electrons. The van der Waals surface area contributed by atoms with Crippen LogP contribution in [0.3, 0.4) is 0 Å². The minimum atomic E-state index is -0.780. The number of rotatable bonds is 5. The van der Waals surface area contributed by atoms with Gasteiger partial charge in [0.2, 0.25) is 5.91 Å². The zero-order chi connectivity index (χ0) is 28.3. The van der Waals surface area contributed by atoms with Gasteiger partial charge in [0.25, 0.3) is 0 Å². The first-order valence-corrected chi connectivity index (χ1v) is 13.8. The maximum atomic E-state index is 15.0. The number of hydrogen-bond acceptors (Lipinski definition) is 6. The number of hydrogen-bond donors (Lipinski definition) is 0. The average molecular weight is 604 g/mol. The molecule has 1 amide bonds. The maximum Gasteiger partial charge on any atom is 0.350 e. The van der Waals surface area contributed by atoms with Gasteiger partial charge >= 0.3 is 5.69 Å². The van der Waals surface area contributed by atoms with Crippen molar-refractivity contribution >= 4 is 47.7 Å². The van der Waals surface area contributed by atoms with Gasteiger partial charge in [-0.15, -0.1) is 0 Å². The molecule has 1 aromatic heterocycles. The molecule has 6 rings (SSSR count). The largest absolute Gasteiger partial charge is 0.488 e. The fraction of sp³-hybridized carbons (Fsp3) is 0.414. The monoisotopic (exact) mass is 603 g/mol. The zero-order valence-electron chi connectivity index (χ0n) is 22.9. The summed E-state index contributed by atoms with van der Waals surface area (Å²) in [5.41, 5.74) is 0.400. The van der Waals surface area contributed by atoms with Gasteiger partial charge in [0, 0.05) is 54.3 Å². The van der Waals surface area contributed by atoms with E-state index in [0.29, 0.717) is 36.4 Å². The molecule has 0 spiro atoms. The van der Waals surface area contributed by atoms with Gasteiger partial charge in [-0.2, -0.15) is 18.5 Å². The summed E-state index contributed by atoms with van der Waals surface area (Å²) in [6.07, 6.45) is 2.41. The third-order valence-corrected chi connectivity index (χ3v) is 8.51. The Labute approximate surface area is 248 Å². The second-order valence-electron chi connectivity index (χ2n) is 10.8. The minimum absolute atomic E-state index is 0. The van der Waals surface area contributed by atoms with Crippen molar-refractivity contribution in [2.24, 2.45) is 0 Å². The van der Waals surface area contributed by atoms with Crippen LogP contribution >= 0.6 is 25.1 Å². The summed E-state index contributed by atoms with van der Waals surface area (Å²) in [6.45, 7) is 11.1. The molecule has 0 unspecified atom stereocenters. The number of halogens is 3. The van der Waals surface area contributed by atoms with E-state index in [4.69, 9.17) is 16.3 Å². The molecule has 2 saturated heterocycles. The van der Waals surface area contributed by atoms with Gasteiger partial charge in [-0.3, -0.25) is 9.36 Å². The number of amides is 1. The van der Waals surface area contributed by atoms with Gasteiger partial charge in [-0.1, -0.05) is 18.2 Å². The highest BCUT2D eigenvalue weighted by Gasteiger charge is 2.37. The summed E-state index contributed by atoms with van der Waals surface area (Å²) in [6, 6.07) is 4.36. The number of anilines is 1. The Hall–Kier alpha value is -3.15. The Morgan fingerprint density at radius 3 is 2.61 bits per heavy atom. The van der Waals surface area contributed by atoms with E-state index in [1.54, 1.807) is 15.5 Å². The van der Waals surface area contributed by atoms with Crippen LogP contribution in [0.4, 0.5) is 14.6 Å². The van der Waals surface area contributed by atoms with Crippen molar-refractivity contribution in [3.63, 3.8) is 0 Å². The summed E-state index contributed by atoms with van der Waals surface area (Å²) >= 11 is 6.82. The molecule has 12 heteroatoms. The molecule has 0 N–H and O–H groups in total. The van der Waals surface area contributed by atoms with Gasteiger partial charge in [-0.05, 0) is 57.6 Å². The Morgan fingerprint density at radius 2 is 1.95 bits per heavy atom. The molecule has 0 bridgehead atoms. The highest BCUT2D eigenvalue weighted by Crippen LogP contribution is 2.47. The van der Waals surface area contributed by atoms with Crippen molar-refractivity contribution in [1.29, 1.82) is 0 Å². The van der Waals surface area contributed by atoms with E-state index in [1.165, 1.54) is 18.2 Å². The Bertz CT molecular complexity index is 1600. The number of aromatic nitrogens is 2. The number of nitrogens with zero attached hydrogens (tertiary/aromatic N) is 5. The van der Waals surface area contributed by atoms with Crippen LogP contribution in [-0.4, -0.2) is 76.7 Å². The summed E-state index contributed by atoms with van der Waals surface area (Å²) in [5, 5.41) is 0.797. The fourth-order valence-electron chi connectivity index (χ4n) is 6.06. The van der Waals surface area contributed by atoms with Crippen molar-refractivity contribution in [2.45, 2.75) is 38.4 Å². The molecule has 218 valence electrons. The van der Waals surface area contributed by atoms with Crippen LogP contribution in [0.1, 0.15) is 26.3 Å². The number of ether oxygens (including phenoxy) is 1. The Kier molecular flexibility index (Phi) is 8.06. The molecule has 3 atom stereocenters. The van der Waals surface area contributed by atoms with Gasteiger partial charge in [0.1, 0.15) is 24.1 Å². The molecule has 3 aliphatic heterocycles. The Morgan fingerprint density at radius 1 is 1.20 bits per heavy atom. The van der Waals surface area contributed by atoms with Gasteiger partial charge in [0.05, 0.1) is 16.6 Å². The van der Waals surface area contributed by atoms with Crippen LogP contribution in [0, 0.1) is 11.6 Å². The van der Waals surface area contributed by atoms with Gasteiger partial charge < -0.3 is 19.4 Å². The minimum Gasteiger partial charge on any atom is -0.488 e. The standard InChI is InChI=1S/C29H30ClF2N5O3.H2S/c1-4-24(38)35-12-17(3)36(13-16(35)2)28-21-11-22(30)25(20-7-6-18(31)10-23(20)32)27-26(21)37(29(39)33-28)19(15-40-27)14-34-8-5-9-34;/h4,6-7,10-11,16-17,19H,1,5,8-9,12-15H2,2-3H3;1H2/t16-,17+,19+;/m1./s1. The third-order valence-electron chi connectivity index (χ3n) is 8.22. The topological polar surface area (TPSA) is 70.9 Å². The summed E-state index contributed by atoms with van der Waals surface area (Å²) in [4.78, 5) is 36.8. The average Bonchev–Trinajstić information content (AvgIpc) is 2.89. The number of carbonyl (C=O) groups excluding carboxylic acids is 1. The van der Waals surface area contributed by atoms with E-state index in [-0.39, 0.29) is 66.0 Å². The van der Waals surface area contributed by atoms with Gasteiger partial charge in [-0.25, -0.2) is 13.6 Å².